The number of aliphatic carboxylic acids is 1. The third kappa shape index (κ3) is 4.88. The molecule has 0 spiro atoms. The van der Waals surface area contributed by atoms with Crippen LogP contribution in [0.2, 0.25) is 0 Å². The number of nitrogens with one attached hydrogen (secondary N) is 1. The summed E-state index contributed by atoms with van der Waals surface area (Å²) in [6, 6.07) is 0.268. The first-order chi connectivity index (χ1) is 7.59. The Morgan fingerprint density at radius 1 is 1.31 bits per heavy atom. The van der Waals surface area contributed by atoms with Crippen molar-refractivity contribution < 1.29 is 14.7 Å². The first-order valence-electron chi connectivity index (χ1n) is 5.66. The lowest BCUT2D eigenvalue weighted by atomic mass is 9.86. The van der Waals surface area contributed by atoms with Gasteiger partial charge in [-0.15, -0.1) is 11.8 Å². The summed E-state index contributed by atoms with van der Waals surface area (Å²) in [6.07, 6.45) is 4.61. The second kappa shape index (κ2) is 6.78. The molecule has 1 amide bonds. The summed E-state index contributed by atoms with van der Waals surface area (Å²) >= 11 is 1.09. The molecule has 4 nitrogen and oxygen atoms in total. The van der Waals surface area contributed by atoms with Crippen molar-refractivity contribution in [1.29, 1.82) is 0 Å². The molecule has 1 rings (SSSR count). The maximum atomic E-state index is 11.5. The van der Waals surface area contributed by atoms with Crippen molar-refractivity contribution in [3.8, 4) is 0 Å². The van der Waals surface area contributed by atoms with E-state index in [0.29, 0.717) is 5.92 Å². The van der Waals surface area contributed by atoms with E-state index in [1.165, 1.54) is 12.8 Å². The van der Waals surface area contributed by atoms with Gasteiger partial charge in [-0.3, -0.25) is 4.79 Å². The predicted molar refractivity (Wildman–Crippen MR) is 61.9 cm³/mol. The number of amides is 1. The van der Waals surface area contributed by atoms with E-state index in [1.54, 1.807) is 0 Å². The first-order valence-corrected chi connectivity index (χ1v) is 6.82. The van der Waals surface area contributed by atoms with Gasteiger partial charge in [0.15, 0.2) is 0 Å². The number of hydrogen-bond acceptors (Lipinski definition) is 4. The molecule has 0 radical (unpaired) electrons. The summed E-state index contributed by atoms with van der Waals surface area (Å²) < 4.78 is 0. The molecule has 0 aromatic carbocycles. The molecule has 2 atom stereocenters. The fraction of sp³-hybridized carbons (Fsp3) is 0.818. The lowest BCUT2D eigenvalue weighted by molar-refractivity contribution is -0.301. The molecule has 0 bridgehead atoms. The van der Waals surface area contributed by atoms with Gasteiger partial charge < -0.3 is 15.2 Å². The molecule has 0 aromatic rings. The van der Waals surface area contributed by atoms with E-state index in [0.717, 1.165) is 24.6 Å². The van der Waals surface area contributed by atoms with Gasteiger partial charge in [0.05, 0.1) is 11.7 Å². The molecule has 0 heterocycles. The van der Waals surface area contributed by atoms with Gasteiger partial charge in [-0.1, -0.05) is 19.8 Å². The van der Waals surface area contributed by atoms with Crippen LogP contribution < -0.4 is 10.4 Å². The first kappa shape index (κ1) is 13.4. The quantitative estimate of drug-likeness (QED) is 0.748. The predicted octanol–water partition coefficient (Wildman–Crippen LogP) is 0.164. The van der Waals surface area contributed by atoms with Gasteiger partial charge in [-0.25, -0.2) is 0 Å². The molecule has 0 aromatic heterocycles. The Morgan fingerprint density at radius 3 is 2.62 bits per heavy atom. The number of carbonyl (C=O) groups is 2. The Kier molecular flexibility index (Phi) is 5.66. The molecule has 0 saturated heterocycles. The van der Waals surface area contributed by atoms with Gasteiger partial charge >= 0.3 is 0 Å². The number of hydrogen-bond donors (Lipinski definition) is 1. The third-order valence-electron chi connectivity index (χ3n) is 2.91. The second-order valence-electron chi connectivity index (χ2n) is 4.30. The van der Waals surface area contributed by atoms with Crippen molar-refractivity contribution in [1.82, 2.24) is 5.32 Å². The van der Waals surface area contributed by atoms with Gasteiger partial charge in [0.1, 0.15) is 0 Å². The number of rotatable bonds is 5. The highest BCUT2D eigenvalue weighted by molar-refractivity contribution is 8.00. The molecule has 0 unspecified atom stereocenters. The fourth-order valence-corrected chi connectivity index (χ4v) is 2.54. The van der Waals surface area contributed by atoms with Crippen LogP contribution in [0.5, 0.6) is 0 Å². The van der Waals surface area contributed by atoms with Gasteiger partial charge in [-0.05, 0) is 18.8 Å². The number of carboxylic acids is 1. The van der Waals surface area contributed by atoms with E-state index >= 15 is 0 Å². The molecule has 1 aliphatic carbocycles. The van der Waals surface area contributed by atoms with E-state index in [4.69, 9.17) is 0 Å². The summed E-state index contributed by atoms with van der Waals surface area (Å²) in [7, 11) is 0. The molecular weight excluding hydrogens is 226 g/mol. The van der Waals surface area contributed by atoms with Gasteiger partial charge in [0.25, 0.3) is 0 Å². The van der Waals surface area contributed by atoms with Crippen molar-refractivity contribution in [2.24, 2.45) is 5.92 Å². The zero-order chi connectivity index (χ0) is 12.0. The van der Waals surface area contributed by atoms with E-state index in [9.17, 15) is 14.7 Å². The molecule has 5 heteroatoms. The summed E-state index contributed by atoms with van der Waals surface area (Å²) in [6.45, 7) is 2.15. The van der Waals surface area contributed by atoms with Crippen molar-refractivity contribution >= 4 is 23.6 Å². The Labute approximate surface area is 100 Å². The van der Waals surface area contributed by atoms with Crippen LogP contribution in [0.3, 0.4) is 0 Å². The van der Waals surface area contributed by atoms with Crippen LogP contribution in [0.1, 0.15) is 32.6 Å². The SMILES string of the molecule is C[C@H]1CCCC[C@H]1NC(=O)CSCC(=O)[O-]. The summed E-state index contributed by atoms with van der Waals surface area (Å²) in [5.74, 6) is -0.567. The lowest BCUT2D eigenvalue weighted by Crippen LogP contribution is -2.42. The van der Waals surface area contributed by atoms with Crippen LogP contribution in [0.4, 0.5) is 0 Å². The molecule has 16 heavy (non-hydrogen) atoms. The highest BCUT2D eigenvalue weighted by Crippen LogP contribution is 2.23. The Bertz CT molecular complexity index is 258. The second-order valence-corrected chi connectivity index (χ2v) is 5.29. The minimum absolute atomic E-state index is 0.0648. The zero-order valence-corrected chi connectivity index (χ0v) is 10.3. The Balaban J connectivity index is 2.19. The highest BCUT2D eigenvalue weighted by atomic mass is 32.2. The van der Waals surface area contributed by atoms with Gasteiger partial charge in [0.2, 0.25) is 5.91 Å². The average molecular weight is 244 g/mol. The van der Waals surface area contributed by atoms with Crippen molar-refractivity contribution in [2.75, 3.05) is 11.5 Å². The van der Waals surface area contributed by atoms with Crippen molar-refractivity contribution in [2.45, 2.75) is 38.6 Å². The minimum atomic E-state index is -1.12. The van der Waals surface area contributed by atoms with Crippen LogP contribution in [-0.4, -0.2) is 29.4 Å². The topological polar surface area (TPSA) is 69.2 Å². The molecule has 1 saturated carbocycles. The van der Waals surface area contributed by atoms with Crippen molar-refractivity contribution in [3.63, 3.8) is 0 Å². The molecule has 1 fully saturated rings. The monoisotopic (exact) mass is 244 g/mol. The largest absolute Gasteiger partial charge is 0.549 e. The van der Waals surface area contributed by atoms with Crippen LogP contribution in [0.25, 0.3) is 0 Å². The van der Waals surface area contributed by atoms with Crippen LogP contribution >= 0.6 is 11.8 Å². The maximum Gasteiger partial charge on any atom is 0.230 e. The Morgan fingerprint density at radius 2 is 2.00 bits per heavy atom. The summed E-state index contributed by atoms with van der Waals surface area (Å²) in [4.78, 5) is 21.7. The minimum Gasteiger partial charge on any atom is -0.549 e. The van der Waals surface area contributed by atoms with E-state index in [2.05, 4.69) is 12.2 Å². The lowest BCUT2D eigenvalue weighted by Gasteiger charge is -2.29. The number of carboxylic acid groups (broad SMARTS) is 1. The third-order valence-corrected chi connectivity index (χ3v) is 3.82. The zero-order valence-electron chi connectivity index (χ0n) is 9.53. The number of thioether (sulfide) groups is 1. The summed E-state index contributed by atoms with van der Waals surface area (Å²) in [5.41, 5.74) is 0. The standard InChI is InChI=1S/C11H19NO3S/c1-8-4-2-3-5-9(8)12-10(13)6-16-7-11(14)15/h8-9H,2-7H2,1H3,(H,12,13)(H,14,15)/p-1/t8-,9+/m0/s1. The maximum absolute atomic E-state index is 11.5. The van der Waals surface area contributed by atoms with Crippen LogP contribution in [-0.2, 0) is 9.59 Å². The van der Waals surface area contributed by atoms with Crippen LogP contribution in [0.15, 0.2) is 0 Å². The van der Waals surface area contributed by atoms with Crippen molar-refractivity contribution in [3.05, 3.63) is 0 Å². The highest BCUT2D eigenvalue weighted by Gasteiger charge is 2.22. The molecular formula is C11H18NO3S-. The molecule has 92 valence electrons. The number of carbonyl (C=O) groups excluding carboxylic acids is 2. The fourth-order valence-electron chi connectivity index (χ4n) is 2.01. The van der Waals surface area contributed by atoms with Gasteiger partial charge in [-0.2, -0.15) is 0 Å². The molecule has 0 aliphatic heterocycles. The normalized spacial score (nSPS) is 25.1. The van der Waals surface area contributed by atoms with Gasteiger partial charge in [0, 0.05) is 11.8 Å². The molecule has 1 N–H and O–H groups in total. The van der Waals surface area contributed by atoms with E-state index in [-0.39, 0.29) is 23.5 Å². The smallest absolute Gasteiger partial charge is 0.230 e. The van der Waals surface area contributed by atoms with E-state index < -0.39 is 5.97 Å². The summed E-state index contributed by atoms with van der Waals surface area (Å²) in [5, 5.41) is 13.1. The molecule has 1 aliphatic rings. The Hall–Kier alpha value is -0.710. The van der Waals surface area contributed by atoms with Crippen LogP contribution in [0, 0.1) is 5.92 Å². The average Bonchev–Trinajstić information content (AvgIpc) is 2.21. The van der Waals surface area contributed by atoms with E-state index in [1.807, 2.05) is 0 Å².